The second-order valence-electron chi connectivity index (χ2n) is 4.79. The van der Waals surface area contributed by atoms with Gasteiger partial charge in [-0.05, 0) is 24.8 Å². The Hall–Kier alpha value is -1.65. The van der Waals surface area contributed by atoms with Gasteiger partial charge in [0, 0.05) is 13.1 Å². The highest BCUT2D eigenvalue weighted by Crippen LogP contribution is 2.26. The molecule has 1 aromatic heterocycles. The number of carbonyl (C=O) groups is 1. The first kappa shape index (κ1) is 12.8. The van der Waals surface area contributed by atoms with E-state index < -0.39 is 5.97 Å². The lowest BCUT2D eigenvalue weighted by molar-refractivity contribution is 0.0697. The number of rotatable bonds is 4. The lowest BCUT2D eigenvalue weighted by atomic mass is 9.92. The Morgan fingerprint density at radius 2 is 2.22 bits per heavy atom. The van der Waals surface area contributed by atoms with Crippen LogP contribution < -0.4 is 4.90 Å². The van der Waals surface area contributed by atoms with Crippen molar-refractivity contribution >= 4 is 11.8 Å². The summed E-state index contributed by atoms with van der Waals surface area (Å²) in [5, 5.41) is 16.9. The quantitative estimate of drug-likeness (QED) is 0.886. The number of carboxylic acid groups (broad SMARTS) is 1. The summed E-state index contributed by atoms with van der Waals surface area (Å²) in [6, 6.07) is 1.52. The highest BCUT2D eigenvalue weighted by molar-refractivity contribution is 5.93. The van der Waals surface area contributed by atoms with Crippen molar-refractivity contribution in [2.24, 2.45) is 5.92 Å². The first-order chi connectivity index (χ1) is 8.72. The molecule has 0 spiro atoms. The Bertz CT molecular complexity index is 414. The minimum absolute atomic E-state index is 0.249. The summed E-state index contributed by atoms with van der Waals surface area (Å²) >= 11 is 0. The standard InChI is InChI=1S/C13H19N3O2/c1-2-3-10-5-8-16(9-6-10)12-11(13(17)18)4-7-14-15-12/h4,7,10H,2-3,5-6,8-9H2,1H3,(H,17,18). The van der Waals surface area contributed by atoms with Crippen molar-refractivity contribution < 1.29 is 9.90 Å². The molecule has 5 nitrogen and oxygen atoms in total. The van der Waals surface area contributed by atoms with Crippen molar-refractivity contribution in [2.75, 3.05) is 18.0 Å². The normalized spacial score (nSPS) is 16.8. The van der Waals surface area contributed by atoms with Crippen LogP contribution in [0.15, 0.2) is 12.3 Å². The second-order valence-corrected chi connectivity index (χ2v) is 4.79. The van der Waals surface area contributed by atoms with Crippen LogP contribution in [0.3, 0.4) is 0 Å². The van der Waals surface area contributed by atoms with E-state index in [1.807, 2.05) is 4.90 Å². The number of anilines is 1. The zero-order valence-electron chi connectivity index (χ0n) is 10.7. The fourth-order valence-corrected chi connectivity index (χ4v) is 2.57. The summed E-state index contributed by atoms with van der Waals surface area (Å²) in [4.78, 5) is 13.2. The Labute approximate surface area is 107 Å². The van der Waals surface area contributed by atoms with E-state index in [9.17, 15) is 4.79 Å². The van der Waals surface area contributed by atoms with Gasteiger partial charge in [0.2, 0.25) is 0 Å². The van der Waals surface area contributed by atoms with E-state index in [1.54, 1.807) is 0 Å². The SMILES string of the molecule is CCCC1CCN(c2nnccc2C(=O)O)CC1. The van der Waals surface area contributed by atoms with Crippen LogP contribution in [0, 0.1) is 5.92 Å². The van der Waals surface area contributed by atoms with Gasteiger partial charge >= 0.3 is 5.97 Å². The fraction of sp³-hybridized carbons (Fsp3) is 0.615. The van der Waals surface area contributed by atoms with Gasteiger partial charge in [0.25, 0.3) is 0 Å². The first-order valence-corrected chi connectivity index (χ1v) is 6.52. The van der Waals surface area contributed by atoms with Crippen molar-refractivity contribution in [3.8, 4) is 0 Å². The van der Waals surface area contributed by atoms with Gasteiger partial charge < -0.3 is 10.0 Å². The predicted molar refractivity (Wildman–Crippen MR) is 68.8 cm³/mol. The number of aromatic nitrogens is 2. The molecule has 0 radical (unpaired) electrons. The lowest BCUT2D eigenvalue weighted by Gasteiger charge is -2.32. The molecule has 0 amide bonds. The van der Waals surface area contributed by atoms with Gasteiger partial charge in [-0.2, -0.15) is 5.10 Å². The molecule has 1 aliphatic rings. The van der Waals surface area contributed by atoms with E-state index in [1.165, 1.54) is 25.1 Å². The van der Waals surface area contributed by atoms with Crippen LogP contribution in [0.5, 0.6) is 0 Å². The third kappa shape index (κ3) is 2.78. The average Bonchev–Trinajstić information content (AvgIpc) is 2.40. The van der Waals surface area contributed by atoms with Gasteiger partial charge in [0.1, 0.15) is 5.56 Å². The van der Waals surface area contributed by atoms with Crippen LogP contribution in [-0.4, -0.2) is 34.4 Å². The van der Waals surface area contributed by atoms with E-state index in [4.69, 9.17) is 5.11 Å². The van der Waals surface area contributed by atoms with Gasteiger partial charge in [0.15, 0.2) is 5.82 Å². The minimum Gasteiger partial charge on any atom is -0.478 e. The van der Waals surface area contributed by atoms with E-state index >= 15 is 0 Å². The average molecular weight is 249 g/mol. The predicted octanol–water partition coefficient (Wildman–Crippen LogP) is 2.19. The molecule has 0 aliphatic carbocycles. The largest absolute Gasteiger partial charge is 0.478 e. The Morgan fingerprint density at radius 1 is 1.50 bits per heavy atom. The molecule has 0 saturated carbocycles. The monoisotopic (exact) mass is 249 g/mol. The van der Waals surface area contributed by atoms with Gasteiger partial charge in [-0.15, -0.1) is 5.10 Å². The van der Waals surface area contributed by atoms with E-state index in [2.05, 4.69) is 17.1 Å². The Morgan fingerprint density at radius 3 is 2.83 bits per heavy atom. The molecule has 1 N–H and O–H groups in total. The zero-order valence-corrected chi connectivity index (χ0v) is 10.7. The maximum Gasteiger partial charge on any atom is 0.339 e. The number of piperidine rings is 1. The summed E-state index contributed by atoms with van der Waals surface area (Å²) in [6.45, 7) is 3.96. The number of carboxylic acids is 1. The Balaban J connectivity index is 2.07. The first-order valence-electron chi connectivity index (χ1n) is 6.52. The minimum atomic E-state index is -0.935. The van der Waals surface area contributed by atoms with Crippen LogP contribution in [-0.2, 0) is 0 Å². The summed E-state index contributed by atoms with van der Waals surface area (Å²) in [7, 11) is 0. The maximum absolute atomic E-state index is 11.1. The number of hydrogen-bond donors (Lipinski definition) is 1. The van der Waals surface area contributed by atoms with E-state index in [0.717, 1.165) is 31.8 Å². The summed E-state index contributed by atoms with van der Waals surface area (Å²) in [5.41, 5.74) is 0.249. The third-order valence-corrected chi connectivity index (χ3v) is 3.54. The molecular formula is C13H19N3O2. The molecule has 5 heteroatoms. The number of hydrogen-bond acceptors (Lipinski definition) is 4. The van der Waals surface area contributed by atoms with Gasteiger partial charge in [-0.3, -0.25) is 0 Å². The van der Waals surface area contributed by atoms with Crippen molar-refractivity contribution in [2.45, 2.75) is 32.6 Å². The summed E-state index contributed by atoms with van der Waals surface area (Å²) in [5.74, 6) is 0.353. The maximum atomic E-state index is 11.1. The van der Waals surface area contributed by atoms with Crippen molar-refractivity contribution in [3.63, 3.8) is 0 Å². The molecule has 98 valence electrons. The third-order valence-electron chi connectivity index (χ3n) is 3.54. The summed E-state index contributed by atoms with van der Waals surface area (Å²) < 4.78 is 0. The van der Waals surface area contributed by atoms with E-state index in [0.29, 0.717) is 5.82 Å². The Kier molecular flexibility index (Phi) is 4.12. The van der Waals surface area contributed by atoms with Gasteiger partial charge in [-0.1, -0.05) is 19.8 Å². The smallest absolute Gasteiger partial charge is 0.339 e. The number of aromatic carboxylic acids is 1. The van der Waals surface area contributed by atoms with Crippen LogP contribution in [0.1, 0.15) is 43.0 Å². The summed E-state index contributed by atoms with van der Waals surface area (Å²) in [6.07, 6.45) is 6.14. The molecule has 0 atom stereocenters. The van der Waals surface area contributed by atoms with Crippen LogP contribution in [0.25, 0.3) is 0 Å². The molecule has 2 rings (SSSR count). The highest BCUT2D eigenvalue weighted by Gasteiger charge is 2.23. The molecule has 0 bridgehead atoms. The topological polar surface area (TPSA) is 66.3 Å². The number of nitrogens with zero attached hydrogens (tertiary/aromatic N) is 3. The molecule has 1 aliphatic heterocycles. The molecule has 0 unspecified atom stereocenters. The molecule has 1 saturated heterocycles. The zero-order chi connectivity index (χ0) is 13.0. The van der Waals surface area contributed by atoms with Crippen molar-refractivity contribution in [1.29, 1.82) is 0 Å². The van der Waals surface area contributed by atoms with Crippen LogP contribution >= 0.6 is 0 Å². The van der Waals surface area contributed by atoms with Crippen molar-refractivity contribution in [1.82, 2.24) is 10.2 Å². The van der Waals surface area contributed by atoms with E-state index in [-0.39, 0.29) is 5.56 Å². The highest BCUT2D eigenvalue weighted by atomic mass is 16.4. The van der Waals surface area contributed by atoms with Gasteiger partial charge in [0.05, 0.1) is 6.20 Å². The molecule has 0 aromatic carbocycles. The molecule has 1 aromatic rings. The molecular weight excluding hydrogens is 230 g/mol. The molecule has 1 fully saturated rings. The molecule has 2 heterocycles. The van der Waals surface area contributed by atoms with Gasteiger partial charge in [-0.25, -0.2) is 4.79 Å². The molecule has 18 heavy (non-hydrogen) atoms. The van der Waals surface area contributed by atoms with Crippen LogP contribution in [0.4, 0.5) is 5.82 Å². The lowest BCUT2D eigenvalue weighted by Crippen LogP contribution is -2.35. The second kappa shape index (κ2) is 5.80. The fourth-order valence-electron chi connectivity index (χ4n) is 2.57. The van der Waals surface area contributed by atoms with Crippen LogP contribution in [0.2, 0.25) is 0 Å². The van der Waals surface area contributed by atoms with Crippen molar-refractivity contribution in [3.05, 3.63) is 17.8 Å².